The van der Waals surface area contributed by atoms with Gasteiger partial charge in [0.2, 0.25) is 0 Å². The summed E-state index contributed by atoms with van der Waals surface area (Å²) in [5, 5.41) is 6.11. The number of amides is 2. The molecule has 0 bridgehead atoms. The van der Waals surface area contributed by atoms with Crippen molar-refractivity contribution in [2.75, 3.05) is 33.3 Å². The topological polar surface area (TPSA) is 53.6 Å². The molecule has 1 saturated heterocycles. The van der Waals surface area contributed by atoms with Gasteiger partial charge in [-0.3, -0.25) is 0 Å². The van der Waals surface area contributed by atoms with Crippen LogP contribution >= 0.6 is 0 Å². The molecule has 0 spiro atoms. The molecule has 1 aromatic rings. The number of hydrogen-bond acceptors (Lipinski definition) is 3. The number of hydrogen-bond donors (Lipinski definition) is 2. The molecule has 5 nitrogen and oxygen atoms in total. The van der Waals surface area contributed by atoms with E-state index in [1.807, 2.05) is 29.2 Å². The van der Waals surface area contributed by atoms with Crippen molar-refractivity contribution < 1.29 is 9.53 Å². The molecule has 18 heavy (non-hydrogen) atoms. The van der Waals surface area contributed by atoms with E-state index in [-0.39, 0.29) is 6.03 Å². The van der Waals surface area contributed by atoms with Crippen LogP contribution in [0.2, 0.25) is 0 Å². The fraction of sp³-hybridized carbons (Fsp3) is 0.462. The minimum absolute atomic E-state index is 0.0428. The summed E-state index contributed by atoms with van der Waals surface area (Å²) >= 11 is 0. The van der Waals surface area contributed by atoms with Gasteiger partial charge in [0.05, 0.1) is 7.11 Å². The van der Waals surface area contributed by atoms with Crippen LogP contribution in [-0.2, 0) is 6.54 Å². The Hall–Kier alpha value is -1.75. The van der Waals surface area contributed by atoms with E-state index in [1.165, 1.54) is 5.56 Å². The zero-order valence-corrected chi connectivity index (χ0v) is 10.6. The highest BCUT2D eigenvalue weighted by Crippen LogP contribution is 2.10. The lowest BCUT2D eigenvalue weighted by atomic mass is 10.2. The van der Waals surface area contributed by atoms with Gasteiger partial charge in [-0.05, 0) is 17.7 Å². The number of urea groups is 1. The van der Waals surface area contributed by atoms with E-state index in [9.17, 15) is 4.79 Å². The van der Waals surface area contributed by atoms with E-state index in [4.69, 9.17) is 4.74 Å². The van der Waals surface area contributed by atoms with E-state index in [2.05, 4.69) is 10.6 Å². The Balaban J connectivity index is 1.66. The van der Waals surface area contributed by atoms with Crippen molar-refractivity contribution in [3.8, 4) is 5.75 Å². The SMILES string of the molecule is COc1ccc(CNCCN2CCNC2=O)cc1. The number of benzene rings is 1. The van der Waals surface area contributed by atoms with E-state index in [0.717, 1.165) is 38.5 Å². The van der Waals surface area contributed by atoms with Crippen molar-refractivity contribution in [3.05, 3.63) is 29.8 Å². The van der Waals surface area contributed by atoms with E-state index in [1.54, 1.807) is 7.11 Å². The maximum absolute atomic E-state index is 11.3. The lowest BCUT2D eigenvalue weighted by Crippen LogP contribution is -2.34. The average molecular weight is 249 g/mol. The Kier molecular flexibility index (Phi) is 4.41. The molecule has 1 heterocycles. The molecular weight excluding hydrogens is 230 g/mol. The maximum Gasteiger partial charge on any atom is 0.317 e. The highest BCUT2D eigenvalue weighted by atomic mass is 16.5. The second kappa shape index (κ2) is 6.26. The predicted octanol–water partition coefficient (Wildman–Crippen LogP) is 0.810. The fourth-order valence-electron chi connectivity index (χ4n) is 1.91. The number of carbonyl (C=O) groups excluding carboxylic acids is 1. The monoisotopic (exact) mass is 249 g/mol. The van der Waals surface area contributed by atoms with Crippen LogP contribution in [0.1, 0.15) is 5.56 Å². The molecule has 0 aliphatic carbocycles. The van der Waals surface area contributed by atoms with Crippen LogP contribution in [0, 0.1) is 0 Å². The number of rotatable bonds is 6. The first-order valence-corrected chi connectivity index (χ1v) is 6.16. The molecule has 1 aliphatic rings. The first-order valence-electron chi connectivity index (χ1n) is 6.16. The Morgan fingerprint density at radius 2 is 2.17 bits per heavy atom. The molecule has 0 aromatic heterocycles. The van der Waals surface area contributed by atoms with Crippen LogP contribution in [-0.4, -0.2) is 44.2 Å². The van der Waals surface area contributed by atoms with Crippen molar-refractivity contribution >= 4 is 6.03 Å². The van der Waals surface area contributed by atoms with Gasteiger partial charge in [-0.15, -0.1) is 0 Å². The van der Waals surface area contributed by atoms with Gasteiger partial charge in [0, 0.05) is 32.7 Å². The second-order valence-electron chi connectivity index (χ2n) is 4.24. The van der Waals surface area contributed by atoms with Crippen molar-refractivity contribution in [3.63, 3.8) is 0 Å². The smallest absolute Gasteiger partial charge is 0.317 e. The van der Waals surface area contributed by atoms with Gasteiger partial charge in [-0.2, -0.15) is 0 Å². The van der Waals surface area contributed by atoms with Gasteiger partial charge in [0.25, 0.3) is 0 Å². The summed E-state index contributed by atoms with van der Waals surface area (Å²) in [6, 6.07) is 8.01. The molecule has 98 valence electrons. The van der Waals surface area contributed by atoms with E-state index in [0.29, 0.717) is 0 Å². The van der Waals surface area contributed by atoms with Crippen molar-refractivity contribution in [2.45, 2.75) is 6.54 Å². The third-order valence-electron chi connectivity index (χ3n) is 2.99. The summed E-state index contributed by atoms with van der Waals surface area (Å²) < 4.78 is 5.10. The Labute approximate surface area is 107 Å². The van der Waals surface area contributed by atoms with Gasteiger partial charge < -0.3 is 20.3 Å². The first-order chi connectivity index (χ1) is 8.79. The normalized spacial score (nSPS) is 14.7. The van der Waals surface area contributed by atoms with Crippen LogP contribution in [0.15, 0.2) is 24.3 Å². The van der Waals surface area contributed by atoms with Crippen LogP contribution < -0.4 is 15.4 Å². The van der Waals surface area contributed by atoms with Crippen LogP contribution in [0.3, 0.4) is 0 Å². The molecule has 1 fully saturated rings. The quantitative estimate of drug-likeness (QED) is 0.734. The Morgan fingerprint density at radius 3 is 2.78 bits per heavy atom. The summed E-state index contributed by atoms with van der Waals surface area (Å²) in [5.41, 5.74) is 1.21. The van der Waals surface area contributed by atoms with Gasteiger partial charge >= 0.3 is 6.03 Å². The summed E-state index contributed by atoms with van der Waals surface area (Å²) in [6.07, 6.45) is 0. The summed E-state index contributed by atoms with van der Waals surface area (Å²) in [6.45, 7) is 3.93. The molecule has 2 rings (SSSR count). The Morgan fingerprint density at radius 1 is 1.39 bits per heavy atom. The van der Waals surface area contributed by atoms with Crippen molar-refractivity contribution in [2.24, 2.45) is 0 Å². The van der Waals surface area contributed by atoms with E-state index >= 15 is 0 Å². The summed E-state index contributed by atoms with van der Waals surface area (Å²) in [5.74, 6) is 0.868. The molecule has 0 unspecified atom stereocenters. The molecule has 0 saturated carbocycles. The number of ether oxygens (including phenoxy) is 1. The molecule has 2 amide bonds. The zero-order valence-electron chi connectivity index (χ0n) is 10.6. The number of methoxy groups -OCH3 is 1. The fourth-order valence-corrected chi connectivity index (χ4v) is 1.91. The van der Waals surface area contributed by atoms with Crippen LogP contribution in [0.5, 0.6) is 5.75 Å². The van der Waals surface area contributed by atoms with Gasteiger partial charge in [0.15, 0.2) is 0 Å². The molecule has 2 N–H and O–H groups in total. The molecule has 1 aliphatic heterocycles. The van der Waals surface area contributed by atoms with Gasteiger partial charge in [-0.1, -0.05) is 12.1 Å². The minimum atomic E-state index is 0.0428. The molecular formula is C13H19N3O2. The number of carbonyl (C=O) groups is 1. The van der Waals surface area contributed by atoms with Crippen molar-refractivity contribution in [1.82, 2.24) is 15.5 Å². The molecule has 0 atom stereocenters. The van der Waals surface area contributed by atoms with Crippen molar-refractivity contribution in [1.29, 1.82) is 0 Å². The molecule has 0 radical (unpaired) electrons. The summed E-state index contributed by atoms with van der Waals surface area (Å²) in [4.78, 5) is 13.1. The Bertz CT molecular complexity index is 392. The lowest BCUT2D eigenvalue weighted by Gasteiger charge is -2.14. The largest absolute Gasteiger partial charge is 0.497 e. The number of nitrogens with one attached hydrogen (secondary N) is 2. The zero-order chi connectivity index (χ0) is 12.8. The number of nitrogens with zero attached hydrogens (tertiary/aromatic N) is 1. The van der Waals surface area contributed by atoms with Crippen LogP contribution in [0.25, 0.3) is 0 Å². The highest BCUT2D eigenvalue weighted by Gasteiger charge is 2.17. The highest BCUT2D eigenvalue weighted by molar-refractivity contribution is 5.76. The standard InChI is InChI=1S/C13H19N3O2/c1-18-12-4-2-11(3-5-12)10-14-6-8-16-9-7-15-13(16)17/h2-5,14H,6-10H2,1H3,(H,15,17). The minimum Gasteiger partial charge on any atom is -0.497 e. The lowest BCUT2D eigenvalue weighted by molar-refractivity contribution is 0.217. The maximum atomic E-state index is 11.3. The first kappa shape index (κ1) is 12.7. The molecule has 5 heteroatoms. The third kappa shape index (κ3) is 3.37. The second-order valence-corrected chi connectivity index (χ2v) is 4.24. The van der Waals surface area contributed by atoms with E-state index < -0.39 is 0 Å². The van der Waals surface area contributed by atoms with Gasteiger partial charge in [-0.25, -0.2) is 4.79 Å². The average Bonchev–Trinajstić information content (AvgIpc) is 2.81. The van der Waals surface area contributed by atoms with Gasteiger partial charge in [0.1, 0.15) is 5.75 Å². The summed E-state index contributed by atoms with van der Waals surface area (Å²) in [7, 11) is 1.66. The van der Waals surface area contributed by atoms with Crippen LogP contribution in [0.4, 0.5) is 4.79 Å². The third-order valence-corrected chi connectivity index (χ3v) is 2.99. The molecule has 1 aromatic carbocycles. The predicted molar refractivity (Wildman–Crippen MR) is 69.7 cm³/mol.